The van der Waals surface area contributed by atoms with Gasteiger partial charge in [-0.3, -0.25) is 4.79 Å². The monoisotopic (exact) mass is 252 g/mol. The minimum atomic E-state index is -0.193. The standard InChI is InChI=1S/C15H28N2O/c1-12(13-7-4-3-5-8-13)17-14(18)15(2)9-6-10-16-11-15/h12-13,16H,3-11H2,1-2H3,(H,17,18)/t12-,15?/m0/s1. The Labute approximate surface area is 111 Å². The molecule has 104 valence electrons. The van der Waals surface area contributed by atoms with Gasteiger partial charge in [0.2, 0.25) is 5.91 Å². The SMILES string of the molecule is C[C@H](NC(=O)C1(C)CCCNC1)C1CCCCC1. The van der Waals surface area contributed by atoms with Crippen LogP contribution in [0, 0.1) is 11.3 Å². The molecule has 1 aliphatic carbocycles. The molecule has 0 spiro atoms. The Kier molecular flexibility index (Phi) is 4.66. The predicted molar refractivity (Wildman–Crippen MR) is 74.4 cm³/mol. The summed E-state index contributed by atoms with van der Waals surface area (Å²) < 4.78 is 0. The maximum absolute atomic E-state index is 12.4. The third kappa shape index (κ3) is 3.25. The summed E-state index contributed by atoms with van der Waals surface area (Å²) in [6, 6.07) is 0.344. The summed E-state index contributed by atoms with van der Waals surface area (Å²) in [5, 5.41) is 6.63. The van der Waals surface area contributed by atoms with E-state index < -0.39 is 0 Å². The lowest BCUT2D eigenvalue weighted by Crippen LogP contribution is -2.52. The van der Waals surface area contributed by atoms with Crippen molar-refractivity contribution in [1.29, 1.82) is 0 Å². The molecule has 2 aliphatic rings. The van der Waals surface area contributed by atoms with Crippen molar-refractivity contribution in [3.8, 4) is 0 Å². The Bertz CT molecular complexity index is 278. The summed E-state index contributed by atoms with van der Waals surface area (Å²) in [6.07, 6.45) is 8.75. The molecule has 0 aromatic carbocycles. The van der Waals surface area contributed by atoms with E-state index in [0.29, 0.717) is 12.0 Å². The number of carbonyl (C=O) groups is 1. The maximum Gasteiger partial charge on any atom is 0.227 e. The molecule has 1 unspecified atom stereocenters. The fourth-order valence-corrected chi connectivity index (χ4v) is 3.38. The number of piperidine rings is 1. The molecule has 2 fully saturated rings. The first-order chi connectivity index (χ1) is 8.62. The van der Waals surface area contributed by atoms with Gasteiger partial charge in [-0.25, -0.2) is 0 Å². The van der Waals surface area contributed by atoms with Crippen molar-refractivity contribution >= 4 is 5.91 Å². The van der Waals surface area contributed by atoms with E-state index in [0.717, 1.165) is 25.9 Å². The van der Waals surface area contributed by atoms with Crippen LogP contribution >= 0.6 is 0 Å². The number of amides is 1. The number of carbonyl (C=O) groups excluding carboxylic acids is 1. The summed E-state index contributed by atoms with van der Waals surface area (Å²) in [4.78, 5) is 12.4. The van der Waals surface area contributed by atoms with Gasteiger partial charge in [-0.2, -0.15) is 0 Å². The Morgan fingerprint density at radius 1 is 1.28 bits per heavy atom. The highest BCUT2D eigenvalue weighted by Crippen LogP contribution is 2.29. The first-order valence-corrected chi connectivity index (χ1v) is 7.63. The lowest BCUT2D eigenvalue weighted by molar-refractivity contribution is -0.132. The first-order valence-electron chi connectivity index (χ1n) is 7.63. The molecule has 1 saturated heterocycles. The first kappa shape index (κ1) is 13.9. The van der Waals surface area contributed by atoms with Crippen LogP contribution in [0.5, 0.6) is 0 Å². The third-order valence-corrected chi connectivity index (χ3v) is 4.86. The van der Waals surface area contributed by atoms with Crippen molar-refractivity contribution in [3.05, 3.63) is 0 Å². The molecule has 0 radical (unpaired) electrons. The summed E-state index contributed by atoms with van der Waals surface area (Å²) >= 11 is 0. The van der Waals surface area contributed by atoms with Crippen molar-refractivity contribution in [2.45, 2.75) is 64.8 Å². The van der Waals surface area contributed by atoms with Crippen molar-refractivity contribution in [2.24, 2.45) is 11.3 Å². The summed E-state index contributed by atoms with van der Waals surface area (Å²) in [5.74, 6) is 0.954. The molecular weight excluding hydrogens is 224 g/mol. The van der Waals surface area contributed by atoms with E-state index in [2.05, 4.69) is 24.5 Å². The Morgan fingerprint density at radius 3 is 2.61 bits per heavy atom. The van der Waals surface area contributed by atoms with E-state index in [1.807, 2.05) is 0 Å². The predicted octanol–water partition coefficient (Wildman–Crippen LogP) is 2.46. The van der Waals surface area contributed by atoms with Crippen LogP contribution in [-0.2, 0) is 4.79 Å². The Morgan fingerprint density at radius 2 is 2.00 bits per heavy atom. The minimum Gasteiger partial charge on any atom is -0.353 e. The normalized spacial score (nSPS) is 31.9. The van der Waals surface area contributed by atoms with Gasteiger partial charge in [-0.15, -0.1) is 0 Å². The van der Waals surface area contributed by atoms with E-state index in [1.54, 1.807) is 0 Å². The van der Waals surface area contributed by atoms with E-state index in [1.165, 1.54) is 32.1 Å². The fourth-order valence-electron chi connectivity index (χ4n) is 3.38. The van der Waals surface area contributed by atoms with Gasteiger partial charge in [0, 0.05) is 12.6 Å². The van der Waals surface area contributed by atoms with Gasteiger partial charge in [0.05, 0.1) is 5.41 Å². The summed E-state index contributed by atoms with van der Waals surface area (Å²) in [7, 11) is 0. The second kappa shape index (κ2) is 6.05. The van der Waals surface area contributed by atoms with E-state index >= 15 is 0 Å². The minimum absolute atomic E-state index is 0.193. The lowest BCUT2D eigenvalue weighted by Gasteiger charge is -2.36. The zero-order valence-corrected chi connectivity index (χ0v) is 11.9. The zero-order chi connectivity index (χ0) is 13.0. The number of hydrogen-bond donors (Lipinski definition) is 2. The van der Waals surface area contributed by atoms with E-state index in [9.17, 15) is 4.79 Å². The molecule has 1 heterocycles. The average Bonchev–Trinajstić information content (AvgIpc) is 2.40. The van der Waals surface area contributed by atoms with Crippen LogP contribution < -0.4 is 10.6 Å². The Hall–Kier alpha value is -0.570. The van der Waals surface area contributed by atoms with Crippen LogP contribution in [0.3, 0.4) is 0 Å². The smallest absolute Gasteiger partial charge is 0.227 e. The molecule has 3 heteroatoms. The molecule has 2 rings (SSSR count). The van der Waals surface area contributed by atoms with Crippen LogP contribution in [0.1, 0.15) is 58.8 Å². The number of rotatable bonds is 3. The van der Waals surface area contributed by atoms with Crippen LogP contribution in [0.15, 0.2) is 0 Å². The van der Waals surface area contributed by atoms with Gasteiger partial charge in [-0.05, 0) is 52.0 Å². The molecule has 1 saturated carbocycles. The molecule has 0 aromatic heterocycles. The van der Waals surface area contributed by atoms with Gasteiger partial charge in [0.15, 0.2) is 0 Å². The van der Waals surface area contributed by atoms with Crippen molar-refractivity contribution in [3.63, 3.8) is 0 Å². The number of nitrogens with one attached hydrogen (secondary N) is 2. The van der Waals surface area contributed by atoms with Gasteiger partial charge in [0.1, 0.15) is 0 Å². The van der Waals surface area contributed by atoms with Gasteiger partial charge in [-0.1, -0.05) is 19.3 Å². The molecule has 2 atom stereocenters. The Balaban J connectivity index is 1.85. The molecule has 0 bridgehead atoms. The molecule has 1 aliphatic heterocycles. The molecule has 1 amide bonds. The largest absolute Gasteiger partial charge is 0.353 e. The van der Waals surface area contributed by atoms with Crippen molar-refractivity contribution < 1.29 is 4.79 Å². The van der Waals surface area contributed by atoms with Crippen LogP contribution in [-0.4, -0.2) is 25.0 Å². The van der Waals surface area contributed by atoms with E-state index in [-0.39, 0.29) is 11.3 Å². The fraction of sp³-hybridized carbons (Fsp3) is 0.933. The highest BCUT2D eigenvalue weighted by molar-refractivity contribution is 5.82. The number of hydrogen-bond acceptors (Lipinski definition) is 2. The van der Waals surface area contributed by atoms with Crippen LogP contribution in [0.2, 0.25) is 0 Å². The zero-order valence-electron chi connectivity index (χ0n) is 11.9. The molecule has 18 heavy (non-hydrogen) atoms. The molecule has 0 aromatic rings. The third-order valence-electron chi connectivity index (χ3n) is 4.86. The molecule has 3 nitrogen and oxygen atoms in total. The van der Waals surface area contributed by atoms with Gasteiger partial charge < -0.3 is 10.6 Å². The maximum atomic E-state index is 12.4. The van der Waals surface area contributed by atoms with Gasteiger partial charge >= 0.3 is 0 Å². The quantitative estimate of drug-likeness (QED) is 0.810. The highest BCUT2D eigenvalue weighted by Gasteiger charge is 2.36. The molecular formula is C15H28N2O. The van der Waals surface area contributed by atoms with Crippen LogP contribution in [0.25, 0.3) is 0 Å². The highest BCUT2D eigenvalue weighted by atomic mass is 16.2. The molecule has 2 N–H and O–H groups in total. The lowest BCUT2D eigenvalue weighted by atomic mass is 9.80. The van der Waals surface area contributed by atoms with Gasteiger partial charge in [0.25, 0.3) is 0 Å². The van der Waals surface area contributed by atoms with Crippen molar-refractivity contribution in [1.82, 2.24) is 10.6 Å². The summed E-state index contributed by atoms with van der Waals surface area (Å²) in [6.45, 7) is 6.17. The second-order valence-corrected chi connectivity index (χ2v) is 6.50. The van der Waals surface area contributed by atoms with E-state index in [4.69, 9.17) is 0 Å². The average molecular weight is 252 g/mol. The van der Waals surface area contributed by atoms with Crippen LogP contribution in [0.4, 0.5) is 0 Å². The van der Waals surface area contributed by atoms with Crippen molar-refractivity contribution in [2.75, 3.05) is 13.1 Å². The topological polar surface area (TPSA) is 41.1 Å². The second-order valence-electron chi connectivity index (χ2n) is 6.50. The summed E-state index contributed by atoms with van der Waals surface area (Å²) in [5.41, 5.74) is -0.193.